The van der Waals surface area contributed by atoms with Crippen LogP contribution in [-0.4, -0.2) is 50.3 Å². The maximum absolute atomic E-state index is 15.0. The Balaban J connectivity index is 1.38. The molecule has 1 atom stereocenters. The minimum absolute atomic E-state index is 0.207. The first kappa shape index (κ1) is 20.7. The van der Waals surface area contributed by atoms with Crippen molar-refractivity contribution in [3.63, 3.8) is 0 Å². The van der Waals surface area contributed by atoms with Crippen LogP contribution < -0.4 is 10.2 Å². The average molecular weight is 448 g/mol. The Kier molecular flexibility index (Phi) is 5.04. The van der Waals surface area contributed by atoms with E-state index in [0.717, 1.165) is 11.0 Å². The molecule has 2 aromatic carbocycles. The molecule has 4 aromatic rings. The van der Waals surface area contributed by atoms with E-state index in [1.54, 1.807) is 22.9 Å². The Hall–Kier alpha value is -4.21. The van der Waals surface area contributed by atoms with Crippen molar-refractivity contribution in [2.45, 2.75) is 13.0 Å². The molecule has 0 radical (unpaired) electrons. The number of imidazole rings is 2. The van der Waals surface area contributed by atoms with Gasteiger partial charge in [0.1, 0.15) is 23.9 Å². The number of nitrogens with one attached hydrogen (secondary N) is 1. The molecule has 2 amide bonds. The lowest BCUT2D eigenvalue weighted by Crippen LogP contribution is -2.33. The summed E-state index contributed by atoms with van der Waals surface area (Å²) in [6.45, 7) is 1.82. The van der Waals surface area contributed by atoms with Crippen molar-refractivity contribution >= 4 is 28.7 Å². The minimum atomic E-state index is -0.579. The van der Waals surface area contributed by atoms with Gasteiger partial charge in [0.2, 0.25) is 5.91 Å². The van der Waals surface area contributed by atoms with Crippen molar-refractivity contribution in [1.29, 1.82) is 0 Å². The fraction of sp³-hybridized carbons (Fsp3) is 0.217. The molecule has 1 fully saturated rings. The van der Waals surface area contributed by atoms with E-state index in [4.69, 9.17) is 4.74 Å². The van der Waals surface area contributed by atoms with Crippen LogP contribution in [0.15, 0.2) is 55.0 Å². The van der Waals surface area contributed by atoms with Crippen LogP contribution in [0.3, 0.4) is 0 Å². The number of amides is 2. The first-order valence-electron chi connectivity index (χ1n) is 10.4. The van der Waals surface area contributed by atoms with Gasteiger partial charge in [-0.2, -0.15) is 0 Å². The Bertz CT molecular complexity index is 1380. The van der Waals surface area contributed by atoms with Crippen molar-refractivity contribution in [2.75, 3.05) is 18.0 Å². The second-order valence-corrected chi connectivity index (χ2v) is 7.84. The van der Waals surface area contributed by atoms with E-state index in [1.807, 2.05) is 35.9 Å². The second-order valence-electron chi connectivity index (χ2n) is 7.84. The zero-order valence-electron chi connectivity index (χ0n) is 18.0. The number of para-hydroxylation sites is 2. The van der Waals surface area contributed by atoms with Crippen LogP contribution in [0, 0.1) is 5.82 Å². The van der Waals surface area contributed by atoms with Crippen molar-refractivity contribution in [2.24, 2.45) is 7.05 Å². The van der Waals surface area contributed by atoms with Crippen LogP contribution in [0.25, 0.3) is 28.2 Å². The van der Waals surface area contributed by atoms with Crippen LogP contribution in [0.4, 0.5) is 14.9 Å². The van der Waals surface area contributed by atoms with Gasteiger partial charge in [0.05, 0.1) is 35.5 Å². The van der Waals surface area contributed by atoms with Crippen LogP contribution in [-0.2, 0) is 16.6 Å². The highest BCUT2D eigenvalue weighted by Crippen LogP contribution is 2.27. The summed E-state index contributed by atoms with van der Waals surface area (Å²) in [7, 11) is 1.91. The molecule has 0 aliphatic carbocycles. The Morgan fingerprint density at radius 1 is 1.27 bits per heavy atom. The SMILES string of the molecule is CC(=O)NCC1CN(c2ccc(-n3cnc(-c4nc5ccccc5n4C)c3)c(F)c2)C(=O)O1. The molecule has 1 saturated heterocycles. The lowest BCUT2D eigenvalue weighted by Gasteiger charge is -2.14. The van der Waals surface area contributed by atoms with Gasteiger partial charge in [-0.15, -0.1) is 0 Å². The number of halogens is 1. The summed E-state index contributed by atoms with van der Waals surface area (Å²) in [5.74, 6) is -0.0465. The molecule has 10 heteroatoms. The highest BCUT2D eigenvalue weighted by atomic mass is 19.1. The quantitative estimate of drug-likeness (QED) is 0.507. The number of rotatable bonds is 5. The van der Waals surface area contributed by atoms with Crippen molar-refractivity contribution in [3.05, 3.63) is 60.8 Å². The van der Waals surface area contributed by atoms with Crippen LogP contribution >= 0.6 is 0 Å². The second kappa shape index (κ2) is 8.05. The summed E-state index contributed by atoms with van der Waals surface area (Å²) in [5, 5.41) is 2.62. The number of aryl methyl sites for hydroxylation is 1. The lowest BCUT2D eigenvalue weighted by molar-refractivity contribution is -0.119. The minimum Gasteiger partial charge on any atom is -0.442 e. The maximum atomic E-state index is 15.0. The molecule has 33 heavy (non-hydrogen) atoms. The van der Waals surface area contributed by atoms with E-state index >= 15 is 4.39 Å². The van der Waals surface area contributed by atoms with Crippen LogP contribution in [0.5, 0.6) is 0 Å². The van der Waals surface area contributed by atoms with Gasteiger partial charge < -0.3 is 19.2 Å². The fourth-order valence-electron chi connectivity index (χ4n) is 3.91. The number of hydrogen-bond acceptors (Lipinski definition) is 5. The molecule has 1 N–H and O–H groups in total. The topological polar surface area (TPSA) is 94.3 Å². The van der Waals surface area contributed by atoms with Gasteiger partial charge in [0, 0.05) is 20.2 Å². The molecule has 168 valence electrons. The molecule has 0 bridgehead atoms. The molecule has 0 saturated carbocycles. The standard InChI is InChI=1S/C23H21FN6O3/c1-14(31)25-10-16-11-30(23(32)33-16)15-7-8-20(17(24)9-15)29-12-19(26-13-29)22-27-18-5-3-4-6-21(18)28(22)2/h3-9,12-13,16H,10-11H2,1-2H3,(H,25,31). The highest BCUT2D eigenvalue weighted by molar-refractivity contribution is 5.90. The van der Waals surface area contributed by atoms with E-state index in [0.29, 0.717) is 22.9 Å². The largest absolute Gasteiger partial charge is 0.442 e. The normalized spacial score (nSPS) is 15.8. The molecular formula is C23H21FN6O3. The predicted octanol–water partition coefficient (Wildman–Crippen LogP) is 3.03. The van der Waals surface area contributed by atoms with Crippen molar-refractivity contribution in [3.8, 4) is 17.2 Å². The molecule has 2 aromatic heterocycles. The number of aromatic nitrogens is 4. The third-order valence-electron chi connectivity index (χ3n) is 5.57. The summed E-state index contributed by atoms with van der Waals surface area (Å²) in [6.07, 6.45) is 2.17. The van der Waals surface area contributed by atoms with Gasteiger partial charge in [-0.3, -0.25) is 9.69 Å². The Morgan fingerprint density at radius 2 is 2.09 bits per heavy atom. The van der Waals surface area contributed by atoms with E-state index in [-0.39, 0.29) is 19.0 Å². The fourth-order valence-corrected chi connectivity index (χ4v) is 3.91. The van der Waals surface area contributed by atoms with E-state index in [1.165, 1.54) is 24.2 Å². The third-order valence-corrected chi connectivity index (χ3v) is 5.57. The highest BCUT2D eigenvalue weighted by Gasteiger charge is 2.32. The number of hydrogen-bond donors (Lipinski definition) is 1. The molecule has 0 spiro atoms. The zero-order valence-corrected chi connectivity index (χ0v) is 18.0. The van der Waals surface area contributed by atoms with Gasteiger partial charge in [0.15, 0.2) is 5.82 Å². The number of carbonyl (C=O) groups excluding carboxylic acids is 2. The zero-order chi connectivity index (χ0) is 23.1. The molecule has 1 unspecified atom stereocenters. The summed E-state index contributed by atoms with van der Waals surface area (Å²) in [5.41, 5.74) is 3.11. The summed E-state index contributed by atoms with van der Waals surface area (Å²) in [6, 6.07) is 12.3. The number of benzene rings is 2. The van der Waals surface area contributed by atoms with Gasteiger partial charge in [-0.05, 0) is 30.3 Å². The molecule has 1 aliphatic rings. The first-order chi connectivity index (χ1) is 15.9. The summed E-state index contributed by atoms with van der Waals surface area (Å²) in [4.78, 5) is 33.7. The number of fused-ring (bicyclic) bond motifs is 1. The first-order valence-corrected chi connectivity index (χ1v) is 10.4. The monoisotopic (exact) mass is 448 g/mol. The van der Waals surface area contributed by atoms with E-state index < -0.39 is 18.0 Å². The van der Waals surface area contributed by atoms with Gasteiger partial charge >= 0.3 is 6.09 Å². The molecule has 9 nitrogen and oxygen atoms in total. The summed E-state index contributed by atoms with van der Waals surface area (Å²) < 4.78 is 23.8. The maximum Gasteiger partial charge on any atom is 0.414 e. The number of cyclic esters (lactones) is 1. The van der Waals surface area contributed by atoms with Crippen molar-refractivity contribution < 1.29 is 18.7 Å². The van der Waals surface area contributed by atoms with Crippen LogP contribution in [0.1, 0.15) is 6.92 Å². The summed E-state index contributed by atoms with van der Waals surface area (Å²) >= 11 is 0. The Labute approximate surface area is 188 Å². The molecule has 3 heterocycles. The smallest absolute Gasteiger partial charge is 0.414 e. The molecule has 5 rings (SSSR count). The Morgan fingerprint density at radius 3 is 2.85 bits per heavy atom. The predicted molar refractivity (Wildman–Crippen MR) is 120 cm³/mol. The van der Waals surface area contributed by atoms with E-state index in [9.17, 15) is 9.59 Å². The van der Waals surface area contributed by atoms with E-state index in [2.05, 4.69) is 15.3 Å². The van der Waals surface area contributed by atoms with Gasteiger partial charge in [0.25, 0.3) is 0 Å². The lowest BCUT2D eigenvalue weighted by atomic mass is 10.2. The average Bonchev–Trinajstić information content (AvgIpc) is 3.50. The third kappa shape index (κ3) is 3.79. The van der Waals surface area contributed by atoms with Crippen LogP contribution in [0.2, 0.25) is 0 Å². The number of carbonyl (C=O) groups is 2. The van der Waals surface area contributed by atoms with Gasteiger partial charge in [-0.25, -0.2) is 19.2 Å². The molecular weight excluding hydrogens is 427 g/mol. The number of anilines is 1. The van der Waals surface area contributed by atoms with Gasteiger partial charge in [-0.1, -0.05) is 12.1 Å². The van der Waals surface area contributed by atoms with Crippen molar-refractivity contribution in [1.82, 2.24) is 24.4 Å². The molecule has 1 aliphatic heterocycles. The number of ether oxygens (including phenoxy) is 1. The number of nitrogens with zero attached hydrogens (tertiary/aromatic N) is 5.